The van der Waals surface area contributed by atoms with Gasteiger partial charge < -0.3 is 10.3 Å². The van der Waals surface area contributed by atoms with Gasteiger partial charge in [-0.15, -0.1) is 0 Å². The number of benzene rings is 1. The summed E-state index contributed by atoms with van der Waals surface area (Å²) in [6.07, 6.45) is 3.24. The molecule has 9 heteroatoms. The van der Waals surface area contributed by atoms with E-state index in [1.165, 1.54) is 24.4 Å². The average Bonchev–Trinajstić information content (AvgIpc) is 3.60. The van der Waals surface area contributed by atoms with Gasteiger partial charge in [0.2, 0.25) is 0 Å². The third kappa shape index (κ3) is 4.43. The second kappa shape index (κ2) is 8.45. The fourth-order valence-electron chi connectivity index (χ4n) is 4.62. The Morgan fingerprint density at radius 3 is 2.29 bits per heavy atom. The lowest BCUT2D eigenvalue weighted by molar-refractivity contribution is 0.572. The van der Waals surface area contributed by atoms with Crippen LogP contribution in [-0.4, -0.2) is 28.3 Å². The molecule has 5 nitrogen and oxygen atoms in total. The Kier molecular flexibility index (Phi) is 5.67. The zero-order valence-electron chi connectivity index (χ0n) is 19.5. The summed E-state index contributed by atoms with van der Waals surface area (Å²) >= 11 is 0. The third-order valence-corrected chi connectivity index (χ3v) is 7.77. The normalized spacial score (nSPS) is 14.9. The van der Waals surface area contributed by atoms with Crippen molar-refractivity contribution in [3.63, 3.8) is 0 Å². The Morgan fingerprint density at radius 2 is 1.71 bits per heavy atom. The van der Waals surface area contributed by atoms with Crippen molar-refractivity contribution >= 4 is 29.3 Å². The van der Waals surface area contributed by atoms with Gasteiger partial charge in [0.15, 0.2) is 5.82 Å². The van der Waals surface area contributed by atoms with Crippen LogP contribution >= 0.6 is 7.14 Å². The highest BCUT2D eigenvalue weighted by molar-refractivity contribution is 7.69. The van der Waals surface area contributed by atoms with Crippen molar-refractivity contribution in [2.75, 3.05) is 19.1 Å². The molecule has 0 unspecified atom stereocenters. The molecule has 3 heterocycles. The number of nitrogen functional groups attached to an aromatic ring is 1. The molecule has 0 radical (unpaired) electrons. The quantitative estimate of drug-likeness (QED) is 0.354. The maximum absolute atomic E-state index is 15.0. The van der Waals surface area contributed by atoms with Crippen LogP contribution in [0.3, 0.4) is 0 Å². The van der Waals surface area contributed by atoms with Gasteiger partial charge in [0.05, 0.1) is 16.6 Å². The van der Waals surface area contributed by atoms with Crippen molar-refractivity contribution in [2.24, 2.45) is 5.92 Å². The van der Waals surface area contributed by atoms with E-state index in [1.807, 2.05) is 0 Å². The first-order chi connectivity index (χ1) is 16.5. The van der Waals surface area contributed by atoms with Crippen LogP contribution in [0.5, 0.6) is 0 Å². The number of hydrogen-bond acceptors (Lipinski definition) is 5. The molecule has 0 bridgehead atoms. The predicted molar refractivity (Wildman–Crippen MR) is 132 cm³/mol. The molecule has 0 amide bonds. The maximum Gasteiger partial charge on any atom is 0.151 e. The molecule has 1 aliphatic rings. The second-order valence-corrected chi connectivity index (χ2v) is 12.6. The van der Waals surface area contributed by atoms with Gasteiger partial charge in [0, 0.05) is 41.1 Å². The lowest BCUT2D eigenvalue weighted by atomic mass is 9.84. The Balaban J connectivity index is 1.68. The first-order valence-corrected chi connectivity index (χ1v) is 13.9. The molecule has 1 aliphatic carbocycles. The summed E-state index contributed by atoms with van der Waals surface area (Å²) in [4.78, 5) is 13.3. The maximum atomic E-state index is 15.0. The molecular weight excluding hydrogens is 472 g/mol. The monoisotopic (exact) mass is 496 g/mol. The van der Waals surface area contributed by atoms with Crippen LogP contribution in [-0.2, 0) is 4.57 Å². The topological polar surface area (TPSA) is 81.8 Å². The van der Waals surface area contributed by atoms with Crippen LogP contribution in [0.2, 0.25) is 0 Å². The molecule has 4 aromatic rings. The van der Waals surface area contributed by atoms with E-state index in [9.17, 15) is 13.3 Å². The van der Waals surface area contributed by atoms with Crippen LogP contribution in [0, 0.1) is 30.3 Å². The number of fused-ring (bicyclic) bond motifs is 1. The highest BCUT2D eigenvalue weighted by Gasteiger charge is 2.37. The standard InChI is InChI=1S/C26H24F3N4OP/c1-13-22(23(14-4-5-14)16-8-17(27)10-18(28)9-16)24(30)26-20(32-13)11-19(29)25(33-26)15-6-7-21(31-12-15)35(2,3)34/h6-12,14,23H,4-5H2,1-3H3,(H2,30,32)/t23-/m1/s1. The van der Waals surface area contributed by atoms with E-state index in [1.54, 1.807) is 32.4 Å². The largest absolute Gasteiger partial charge is 0.397 e. The van der Waals surface area contributed by atoms with Gasteiger partial charge in [0.25, 0.3) is 0 Å². The minimum atomic E-state index is -2.56. The Labute approximate surface area is 201 Å². The molecule has 3 aromatic heterocycles. The molecule has 35 heavy (non-hydrogen) atoms. The number of nitrogens with two attached hydrogens (primary N) is 1. The minimum Gasteiger partial charge on any atom is -0.397 e. The second-order valence-electron chi connectivity index (χ2n) is 9.48. The van der Waals surface area contributed by atoms with E-state index < -0.39 is 24.6 Å². The van der Waals surface area contributed by atoms with Gasteiger partial charge in [-0.1, -0.05) is 0 Å². The molecule has 1 atom stereocenters. The van der Waals surface area contributed by atoms with Gasteiger partial charge >= 0.3 is 0 Å². The Bertz CT molecular complexity index is 1490. The lowest BCUT2D eigenvalue weighted by Gasteiger charge is -2.22. The van der Waals surface area contributed by atoms with E-state index in [2.05, 4.69) is 15.0 Å². The first kappa shape index (κ1) is 23.5. The van der Waals surface area contributed by atoms with Crippen molar-refractivity contribution < 1.29 is 17.7 Å². The van der Waals surface area contributed by atoms with Gasteiger partial charge in [-0.3, -0.25) is 9.97 Å². The lowest BCUT2D eigenvalue weighted by Crippen LogP contribution is -2.12. The molecule has 180 valence electrons. The summed E-state index contributed by atoms with van der Waals surface area (Å²) in [5.74, 6) is -2.08. The van der Waals surface area contributed by atoms with Gasteiger partial charge in [0.1, 0.15) is 30.0 Å². The zero-order valence-corrected chi connectivity index (χ0v) is 20.4. The molecular formula is C26H24F3N4OP. The summed E-state index contributed by atoms with van der Waals surface area (Å²) in [5, 5.41) is 0. The third-order valence-electron chi connectivity index (χ3n) is 6.40. The molecule has 5 rings (SSSR count). The SMILES string of the molecule is Cc1nc2cc(F)c(-c3ccc(P(C)(C)=O)nc3)nc2c(N)c1[C@@H](c1cc(F)cc(F)c1)C1CC1. The number of halogens is 3. The summed E-state index contributed by atoms with van der Waals surface area (Å²) in [7, 11) is -2.56. The Morgan fingerprint density at radius 1 is 1.03 bits per heavy atom. The van der Waals surface area contributed by atoms with Crippen LogP contribution in [0.4, 0.5) is 18.9 Å². The molecule has 1 aromatic carbocycles. The van der Waals surface area contributed by atoms with Crippen molar-refractivity contribution in [3.05, 3.63) is 76.9 Å². The number of nitrogens with zero attached hydrogens (tertiary/aromatic N) is 3. The fourth-order valence-corrected chi connectivity index (χ4v) is 5.39. The smallest absolute Gasteiger partial charge is 0.151 e. The summed E-state index contributed by atoms with van der Waals surface area (Å²) in [6, 6.07) is 8.00. The fraction of sp³-hybridized carbons (Fsp3) is 0.269. The van der Waals surface area contributed by atoms with Gasteiger partial charge in [-0.2, -0.15) is 0 Å². The average molecular weight is 496 g/mol. The van der Waals surface area contributed by atoms with Crippen molar-refractivity contribution in [2.45, 2.75) is 25.7 Å². The van der Waals surface area contributed by atoms with Crippen molar-refractivity contribution in [1.29, 1.82) is 0 Å². The van der Waals surface area contributed by atoms with Gasteiger partial charge in [-0.05, 0) is 68.8 Å². The van der Waals surface area contributed by atoms with Crippen LogP contribution in [0.15, 0.2) is 42.6 Å². The van der Waals surface area contributed by atoms with E-state index in [-0.39, 0.29) is 17.5 Å². The highest BCUT2D eigenvalue weighted by Crippen LogP contribution is 2.49. The van der Waals surface area contributed by atoms with Crippen LogP contribution < -0.4 is 11.2 Å². The molecule has 2 N–H and O–H groups in total. The molecule has 1 saturated carbocycles. The highest BCUT2D eigenvalue weighted by atomic mass is 31.2. The summed E-state index contributed by atoms with van der Waals surface area (Å²) in [5.41, 5.74) is 10.1. The zero-order chi connectivity index (χ0) is 25.1. The Hall–Kier alpha value is -3.25. The van der Waals surface area contributed by atoms with E-state index in [0.717, 1.165) is 18.9 Å². The predicted octanol–water partition coefficient (Wildman–Crippen LogP) is 5.79. The minimum absolute atomic E-state index is 0.0432. The molecule has 0 aliphatic heterocycles. The van der Waals surface area contributed by atoms with E-state index in [0.29, 0.717) is 44.5 Å². The van der Waals surface area contributed by atoms with Crippen LogP contribution in [0.1, 0.15) is 35.6 Å². The number of pyridine rings is 3. The van der Waals surface area contributed by atoms with Crippen LogP contribution in [0.25, 0.3) is 22.3 Å². The first-order valence-electron chi connectivity index (χ1n) is 11.3. The summed E-state index contributed by atoms with van der Waals surface area (Å²) in [6.45, 7) is 4.99. The van der Waals surface area contributed by atoms with Gasteiger partial charge in [-0.25, -0.2) is 18.2 Å². The number of aromatic nitrogens is 3. The number of hydrogen-bond donors (Lipinski definition) is 1. The molecule has 0 saturated heterocycles. The van der Waals surface area contributed by atoms with Crippen molar-refractivity contribution in [3.8, 4) is 11.3 Å². The molecule has 0 spiro atoms. The molecule has 1 fully saturated rings. The van der Waals surface area contributed by atoms with Crippen molar-refractivity contribution in [1.82, 2.24) is 15.0 Å². The van der Waals surface area contributed by atoms with E-state index >= 15 is 4.39 Å². The number of aryl methyl sites for hydroxylation is 1. The van der Waals surface area contributed by atoms with E-state index in [4.69, 9.17) is 5.73 Å². The number of rotatable bonds is 5. The summed E-state index contributed by atoms with van der Waals surface area (Å²) < 4.78 is 55.5. The number of anilines is 1.